The van der Waals surface area contributed by atoms with Gasteiger partial charge in [0, 0.05) is 6.54 Å². The van der Waals surface area contributed by atoms with Gasteiger partial charge in [-0.1, -0.05) is 0 Å². The summed E-state index contributed by atoms with van der Waals surface area (Å²) in [7, 11) is 1.28. The number of halogens is 3. The van der Waals surface area contributed by atoms with E-state index in [-0.39, 0.29) is 5.69 Å². The third-order valence-corrected chi connectivity index (χ3v) is 2.00. The van der Waals surface area contributed by atoms with E-state index in [0.29, 0.717) is 6.54 Å². The first kappa shape index (κ1) is 11.0. The molecule has 0 amide bonds. The molecule has 3 nitrogen and oxygen atoms in total. The van der Waals surface area contributed by atoms with E-state index >= 15 is 0 Å². The lowest BCUT2D eigenvalue weighted by Gasteiger charge is -2.20. The van der Waals surface area contributed by atoms with E-state index in [1.54, 1.807) is 6.92 Å². The number of hydrogen-bond acceptors (Lipinski definition) is 2. The first-order valence-corrected chi connectivity index (χ1v) is 4.24. The first-order valence-electron chi connectivity index (χ1n) is 4.24. The topological polar surface area (TPSA) is 29.9 Å². The molecular formula is C8H12F3N3. The monoisotopic (exact) mass is 207 g/mol. The Morgan fingerprint density at radius 3 is 2.64 bits per heavy atom. The van der Waals surface area contributed by atoms with Crippen molar-refractivity contribution < 1.29 is 13.2 Å². The number of alkyl halides is 3. The highest BCUT2D eigenvalue weighted by atomic mass is 19.4. The average molecular weight is 207 g/mol. The highest BCUT2D eigenvalue weighted by Crippen LogP contribution is 2.31. The number of rotatable bonds is 3. The smallest absolute Gasteiger partial charge is 0.333 e. The van der Waals surface area contributed by atoms with E-state index in [1.165, 1.54) is 24.1 Å². The van der Waals surface area contributed by atoms with Gasteiger partial charge in [0.1, 0.15) is 6.04 Å². The molecule has 1 aromatic rings. The van der Waals surface area contributed by atoms with Crippen LogP contribution in [0.5, 0.6) is 0 Å². The summed E-state index contributed by atoms with van der Waals surface area (Å²) >= 11 is 0. The van der Waals surface area contributed by atoms with Crippen LogP contribution in [0.3, 0.4) is 0 Å². The second-order valence-electron chi connectivity index (χ2n) is 2.87. The van der Waals surface area contributed by atoms with E-state index in [2.05, 4.69) is 10.3 Å². The summed E-state index contributed by atoms with van der Waals surface area (Å²) in [5, 5.41) is 2.23. The second kappa shape index (κ2) is 4.00. The molecule has 6 heteroatoms. The molecule has 0 spiro atoms. The molecular weight excluding hydrogens is 195 g/mol. The molecule has 80 valence electrons. The van der Waals surface area contributed by atoms with Crippen LogP contribution in [0.25, 0.3) is 0 Å². The maximum atomic E-state index is 12.5. The van der Waals surface area contributed by atoms with Crippen molar-refractivity contribution in [2.45, 2.75) is 25.7 Å². The minimum Gasteiger partial charge on any atom is -0.333 e. The van der Waals surface area contributed by atoms with Gasteiger partial charge in [0.15, 0.2) is 0 Å². The first-order chi connectivity index (χ1) is 6.50. The Morgan fingerprint density at radius 1 is 1.57 bits per heavy atom. The Kier molecular flexibility index (Phi) is 3.15. The predicted molar refractivity (Wildman–Crippen MR) is 45.8 cm³/mol. The van der Waals surface area contributed by atoms with Crippen LogP contribution in [0.1, 0.15) is 18.7 Å². The molecule has 0 aromatic carbocycles. The molecule has 0 saturated carbocycles. The van der Waals surface area contributed by atoms with Crippen LogP contribution in [0.4, 0.5) is 13.2 Å². The Bertz CT molecular complexity index is 292. The van der Waals surface area contributed by atoms with Gasteiger partial charge in [-0.15, -0.1) is 0 Å². The molecule has 1 atom stereocenters. The highest BCUT2D eigenvalue weighted by molar-refractivity contribution is 5.07. The number of nitrogens with zero attached hydrogens (tertiary/aromatic N) is 2. The summed E-state index contributed by atoms with van der Waals surface area (Å²) in [6.07, 6.45) is -1.66. The standard InChI is InChI=1S/C8H12F3N3/c1-3-14-5-13-4-6(14)7(12-2)8(9,10)11/h4-5,7,12H,3H2,1-2H3. The van der Waals surface area contributed by atoms with Gasteiger partial charge in [-0.25, -0.2) is 4.98 Å². The van der Waals surface area contributed by atoms with Gasteiger partial charge in [0.05, 0.1) is 18.2 Å². The molecule has 0 aliphatic rings. The van der Waals surface area contributed by atoms with Gasteiger partial charge >= 0.3 is 6.18 Å². The Hall–Kier alpha value is -1.04. The SMILES string of the molecule is CCn1cncc1C(NC)C(F)(F)F. The Balaban J connectivity index is 3.01. The van der Waals surface area contributed by atoms with E-state index < -0.39 is 12.2 Å². The lowest BCUT2D eigenvalue weighted by Crippen LogP contribution is -2.33. The maximum absolute atomic E-state index is 12.5. The summed E-state index contributed by atoms with van der Waals surface area (Å²) in [5.74, 6) is 0. The fourth-order valence-corrected chi connectivity index (χ4v) is 1.31. The molecule has 0 aliphatic carbocycles. The van der Waals surface area contributed by atoms with Crippen LogP contribution in [0.2, 0.25) is 0 Å². The number of imidazole rings is 1. The van der Waals surface area contributed by atoms with Crippen LogP contribution >= 0.6 is 0 Å². The van der Waals surface area contributed by atoms with Crippen LogP contribution in [-0.4, -0.2) is 22.8 Å². The van der Waals surface area contributed by atoms with Crippen molar-refractivity contribution >= 4 is 0 Å². The molecule has 1 heterocycles. The van der Waals surface area contributed by atoms with Gasteiger partial charge in [-0.2, -0.15) is 13.2 Å². The van der Waals surface area contributed by atoms with Crippen LogP contribution in [-0.2, 0) is 6.54 Å². The zero-order valence-electron chi connectivity index (χ0n) is 7.97. The molecule has 1 unspecified atom stereocenters. The fourth-order valence-electron chi connectivity index (χ4n) is 1.31. The summed E-state index contributed by atoms with van der Waals surface area (Å²) in [6.45, 7) is 2.25. The minimum atomic E-state index is -4.29. The maximum Gasteiger partial charge on any atom is 0.409 e. The lowest BCUT2D eigenvalue weighted by molar-refractivity contribution is -0.157. The average Bonchev–Trinajstić information content (AvgIpc) is 2.51. The lowest BCUT2D eigenvalue weighted by atomic mass is 10.2. The fraction of sp³-hybridized carbons (Fsp3) is 0.625. The number of nitrogens with one attached hydrogen (secondary N) is 1. The van der Waals surface area contributed by atoms with Crippen molar-refractivity contribution in [1.82, 2.24) is 14.9 Å². The molecule has 1 N–H and O–H groups in total. The summed E-state index contributed by atoms with van der Waals surface area (Å²) in [5.41, 5.74) is 0.141. The number of aryl methyl sites for hydroxylation is 1. The molecule has 1 aromatic heterocycles. The summed E-state index contributed by atoms with van der Waals surface area (Å²) < 4.78 is 39.0. The third-order valence-electron chi connectivity index (χ3n) is 2.00. The van der Waals surface area contributed by atoms with Gasteiger partial charge < -0.3 is 9.88 Å². The molecule has 0 fully saturated rings. The molecule has 0 radical (unpaired) electrons. The Labute approximate surface area is 79.9 Å². The molecule has 1 rings (SSSR count). The Morgan fingerprint density at radius 2 is 2.21 bits per heavy atom. The highest BCUT2D eigenvalue weighted by Gasteiger charge is 2.41. The predicted octanol–water partition coefficient (Wildman–Crippen LogP) is 1.73. The van der Waals surface area contributed by atoms with E-state index in [1.807, 2.05) is 0 Å². The molecule has 0 aliphatic heterocycles. The van der Waals surface area contributed by atoms with Crippen LogP contribution in [0, 0.1) is 0 Å². The summed E-state index contributed by atoms with van der Waals surface area (Å²) in [6, 6.07) is -1.65. The van der Waals surface area contributed by atoms with E-state index in [9.17, 15) is 13.2 Å². The van der Waals surface area contributed by atoms with Crippen molar-refractivity contribution in [3.8, 4) is 0 Å². The van der Waals surface area contributed by atoms with Gasteiger partial charge in [0.25, 0.3) is 0 Å². The normalized spacial score (nSPS) is 14.4. The largest absolute Gasteiger partial charge is 0.409 e. The molecule has 14 heavy (non-hydrogen) atoms. The van der Waals surface area contributed by atoms with Crippen molar-refractivity contribution in [2.24, 2.45) is 0 Å². The summed E-state index contributed by atoms with van der Waals surface area (Å²) in [4.78, 5) is 3.70. The van der Waals surface area contributed by atoms with Crippen LogP contribution in [0.15, 0.2) is 12.5 Å². The number of aromatic nitrogens is 2. The third kappa shape index (κ3) is 2.06. The van der Waals surface area contributed by atoms with Crippen LogP contribution < -0.4 is 5.32 Å². The van der Waals surface area contributed by atoms with Crippen molar-refractivity contribution in [3.63, 3.8) is 0 Å². The zero-order valence-corrected chi connectivity index (χ0v) is 7.97. The van der Waals surface area contributed by atoms with Crippen molar-refractivity contribution in [3.05, 3.63) is 18.2 Å². The van der Waals surface area contributed by atoms with Gasteiger partial charge in [-0.05, 0) is 14.0 Å². The van der Waals surface area contributed by atoms with E-state index in [0.717, 1.165) is 0 Å². The zero-order chi connectivity index (χ0) is 10.8. The van der Waals surface area contributed by atoms with Crippen molar-refractivity contribution in [1.29, 1.82) is 0 Å². The molecule has 0 bridgehead atoms. The quantitative estimate of drug-likeness (QED) is 0.817. The minimum absolute atomic E-state index is 0.141. The number of hydrogen-bond donors (Lipinski definition) is 1. The van der Waals surface area contributed by atoms with Gasteiger partial charge in [0.2, 0.25) is 0 Å². The second-order valence-corrected chi connectivity index (χ2v) is 2.87. The molecule has 0 saturated heterocycles. The van der Waals surface area contributed by atoms with E-state index in [4.69, 9.17) is 0 Å². The van der Waals surface area contributed by atoms with Gasteiger partial charge in [-0.3, -0.25) is 0 Å². The van der Waals surface area contributed by atoms with Crippen molar-refractivity contribution in [2.75, 3.05) is 7.05 Å².